The first-order valence-corrected chi connectivity index (χ1v) is 20.7. The minimum absolute atomic E-state index is 0.222. The van der Waals surface area contributed by atoms with Gasteiger partial charge >= 0.3 is 17.9 Å². The monoisotopic (exact) mass is 804 g/mol. The Kier molecular flexibility index (Phi) is 20.9. The number of hydrogen-bond acceptors (Lipinski definition) is 9. The molecule has 0 fully saturated rings. The van der Waals surface area contributed by atoms with Crippen LogP contribution in [0.4, 0.5) is 0 Å². The Bertz CT molecular complexity index is 1790. The Morgan fingerprint density at radius 1 is 0.525 bits per heavy atom. The molecular formula is C50H60O9. The molecule has 314 valence electrons. The number of esters is 3. The molecule has 0 radical (unpaired) electrons. The van der Waals surface area contributed by atoms with E-state index in [2.05, 4.69) is 31.2 Å². The zero-order valence-corrected chi connectivity index (χ0v) is 35.0. The first-order valence-electron chi connectivity index (χ1n) is 20.7. The van der Waals surface area contributed by atoms with E-state index < -0.39 is 30.3 Å². The number of hydrogen-bond donors (Lipinski definition) is 0. The van der Waals surface area contributed by atoms with Crippen LogP contribution in [-0.2, 0) is 39.8 Å². The number of allylic oxidation sites excluding steroid dienone is 3. The third kappa shape index (κ3) is 16.1. The molecule has 9 nitrogen and oxygen atoms in total. The SMILES string of the molecule is CC/C=C\C[C@H](CC/C=C\CCCCCCCc1cc(OC(=O)[C@@H](OC)c2ccccc2)cc(OC(=O)[C@@H](OC)c2ccccc2)c1)OC(=O)[C@@H](OC)c1ccccc1. The highest BCUT2D eigenvalue weighted by atomic mass is 16.6. The average Bonchev–Trinajstić information content (AvgIpc) is 3.24. The number of benzene rings is 4. The zero-order chi connectivity index (χ0) is 42.1. The Morgan fingerprint density at radius 2 is 0.983 bits per heavy atom. The summed E-state index contributed by atoms with van der Waals surface area (Å²) in [6.07, 6.45) is 15.8. The van der Waals surface area contributed by atoms with Gasteiger partial charge in [0.05, 0.1) is 0 Å². The van der Waals surface area contributed by atoms with Gasteiger partial charge in [-0.05, 0) is 79.3 Å². The van der Waals surface area contributed by atoms with Crippen molar-refractivity contribution in [2.24, 2.45) is 0 Å². The molecule has 0 aliphatic carbocycles. The Hall–Kier alpha value is -5.35. The summed E-state index contributed by atoms with van der Waals surface area (Å²) in [6, 6.07) is 32.9. The molecule has 4 aromatic carbocycles. The Labute approximate surface area is 350 Å². The van der Waals surface area contributed by atoms with Gasteiger partial charge in [-0.15, -0.1) is 0 Å². The lowest BCUT2D eigenvalue weighted by atomic mass is 10.0. The first-order chi connectivity index (χ1) is 28.9. The van der Waals surface area contributed by atoms with Crippen LogP contribution in [0.1, 0.15) is 112 Å². The topological polar surface area (TPSA) is 107 Å². The molecule has 4 rings (SSSR count). The summed E-state index contributed by atoms with van der Waals surface area (Å²) in [4.78, 5) is 39.5. The lowest BCUT2D eigenvalue weighted by Gasteiger charge is -2.20. The van der Waals surface area contributed by atoms with Crippen LogP contribution in [0.15, 0.2) is 133 Å². The molecule has 0 heterocycles. The van der Waals surface area contributed by atoms with E-state index >= 15 is 0 Å². The van der Waals surface area contributed by atoms with E-state index in [-0.39, 0.29) is 23.6 Å². The van der Waals surface area contributed by atoms with Crippen molar-refractivity contribution < 1.29 is 42.8 Å². The fourth-order valence-electron chi connectivity index (χ4n) is 6.73. The van der Waals surface area contributed by atoms with Crippen LogP contribution < -0.4 is 9.47 Å². The van der Waals surface area contributed by atoms with Crippen LogP contribution in [-0.4, -0.2) is 45.3 Å². The number of unbranched alkanes of at least 4 members (excludes halogenated alkanes) is 5. The molecule has 4 atom stereocenters. The molecule has 9 heteroatoms. The maximum Gasteiger partial charge on any atom is 0.345 e. The van der Waals surface area contributed by atoms with Crippen molar-refractivity contribution in [3.05, 3.63) is 156 Å². The summed E-state index contributed by atoms with van der Waals surface area (Å²) in [6.45, 7) is 2.09. The molecule has 0 amide bonds. The molecule has 0 N–H and O–H groups in total. The Balaban J connectivity index is 1.26. The molecule has 0 aliphatic rings. The van der Waals surface area contributed by atoms with Gasteiger partial charge in [0, 0.05) is 33.8 Å². The van der Waals surface area contributed by atoms with Crippen LogP contribution in [0.2, 0.25) is 0 Å². The van der Waals surface area contributed by atoms with Crippen LogP contribution in [0.5, 0.6) is 11.5 Å². The van der Waals surface area contributed by atoms with E-state index in [1.54, 1.807) is 30.3 Å². The lowest BCUT2D eigenvalue weighted by molar-refractivity contribution is -0.161. The summed E-state index contributed by atoms with van der Waals surface area (Å²) in [5.41, 5.74) is 3.01. The van der Waals surface area contributed by atoms with Crippen LogP contribution >= 0.6 is 0 Å². The number of carbonyl (C=O) groups is 3. The predicted octanol–water partition coefficient (Wildman–Crippen LogP) is 11.1. The van der Waals surface area contributed by atoms with Gasteiger partial charge in [0.2, 0.25) is 0 Å². The molecule has 59 heavy (non-hydrogen) atoms. The molecule has 0 unspecified atom stereocenters. The minimum atomic E-state index is -0.916. The highest BCUT2D eigenvalue weighted by molar-refractivity contribution is 5.80. The number of aryl methyl sites for hydroxylation is 1. The minimum Gasteiger partial charge on any atom is -0.460 e. The average molecular weight is 805 g/mol. The lowest BCUT2D eigenvalue weighted by Crippen LogP contribution is -2.24. The zero-order valence-electron chi connectivity index (χ0n) is 35.0. The Morgan fingerprint density at radius 3 is 1.47 bits per heavy atom. The van der Waals surface area contributed by atoms with Crippen molar-refractivity contribution in [3.8, 4) is 11.5 Å². The van der Waals surface area contributed by atoms with Crippen molar-refractivity contribution in [1.82, 2.24) is 0 Å². The van der Waals surface area contributed by atoms with Gasteiger partial charge in [-0.3, -0.25) is 0 Å². The van der Waals surface area contributed by atoms with Crippen LogP contribution in [0.25, 0.3) is 0 Å². The molecule has 0 spiro atoms. The van der Waals surface area contributed by atoms with E-state index in [1.807, 2.05) is 78.9 Å². The molecular weight excluding hydrogens is 745 g/mol. The van der Waals surface area contributed by atoms with Crippen molar-refractivity contribution in [2.75, 3.05) is 21.3 Å². The second-order valence-electron chi connectivity index (χ2n) is 14.3. The van der Waals surface area contributed by atoms with E-state index in [9.17, 15) is 14.4 Å². The summed E-state index contributed by atoms with van der Waals surface area (Å²) in [5.74, 6) is -0.986. The first kappa shape index (κ1) is 46.3. The fraction of sp³-hybridized carbons (Fsp3) is 0.380. The van der Waals surface area contributed by atoms with E-state index in [1.165, 1.54) is 21.3 Å². The predicted molar refractivity (Wildman–Crippen MR) is 230 cm³/mol. The highest BCUT2D eigenvalue weighted by Gasteiger charge is 2.26. The van der Waals surface area contributed by atoms with Gasteiger partial charge in [0.15, 0.2) is 18.3 Å². The molecule has 0 aliphatic heterocycles. The van der Waals surface area contributed by atoms with Crippen LogP contribution in [0, 0.1) is 0 Å². The smallest absolute Gasteiger partial charge is 0.345 e. The number of methoxy groups -OCH3 is 3. The summed E-state index contributed by atoms with van der Waals surface area (Å²) < 4.78 is 34.0. The van der Waals surface area contributed by atoms with Crippen molar-refractivity contribution in [1.29, 1.82) is 0 Å². The van der Waals surface area contributed by atoms with Gasteiger partial charge < -0.3 is 28.4 Å². The molecule has 0 aromatic heterocycles. The van der Waals surface area contributed by atoms with Crippen molar-refractivity contribution >= 4 is 17.9 Å². The second-order valence-corrected chi connectivity index (χ2v) is 14.3. The third-order valence-corrected chi connectivity index (χ3v) is 9.78. The van der Waals surface area contributed by atoms with E-state index in [4.69, 9.17) is 28.4 Å². The van der Waals surface area contributed by atoms with Gasteiger partial charge in [-0.1, -0.05) is 141 Å². The van der Waals surface area contributed by atoms with Gasteiger partial charge in [0.25, 0.3) is 0 Å². The molecule has 0 saturated heterocycles. The van der Waals surface area contributed by atoms with Crippen LogP contribution in [0.3, 0.4) is 0 Å². The molecule has 0 saturated carbocycles. The standard InChI is InChI=1S/C50H60O9/c1-5-6-17-33-42(57-48(51)45(54-2)39-27-19-14-20-28-39)34-25-13-11-9-7-8-10-12-18-26-38-35-43(58-49(52)46(55-3)40-29-21-15-22-30-40)37-44(36-38)59-50(53)47(56-4)41-31-23-16-24-32-41/h6,11,13-17,19-24,27-32,35-37,42,45-47H,5,7-10,12,18,25-26,33-34H2,1-4H3/b13-11-,17-6-/t42-,45+,46+,47+/m1/s1. The maximum absolute atomic E-state index is 13.3. The largest absolute Gasteiger partial charge is 0.460 e. The van der Waals surface area contributed by atoms with Gasteiger partial charge in [0.1, 0.15) is 17.6 Å². The highest BCUT2D eigenvalue weighted by Crippen LogP contribution is 2.29. The molecule has 0 bridgehead atoms. The number of rotatable bonds is 26. The summed E-state index contributed by atoms with van der Waals surface area (Å²) in [7, 11) is 4.45. The summed E-state index contributed by atoms with van der Waals surface area (Å²) in [5, 5.41) is 0. The number of carbonyl (C=O) groups excluding carboxylic acids is 3. The van der Waals surface area contributed by atoms with E-state index in [0.717, 1.165) is 68.9 Å². The van der Waals surface area contributed by atoms with Crippen molar-refractivity contribution in [2.45, 2.75) is 102 Å². The normalized spacial score (nSPS) is 13.5. The van der Waals surface area contributed by atoms with Gasteiger partial charge in [-0.2, -0.15) is 0 Å². The van der Waals surface area contributed by atoms with Crippen molar-refractivity contribution in [3.63, 3.8) is 0 Å². The fourth-order valence-corrected chi connectivity index (χ4v) is 6.73. The second kappa shape index (κ2) is 26.6. The quantitative estimate of drug-likeness (QED) is 0.0265. The maximum atomic E-state index is 13.3. The third-order valence-electron chi connectivity index (χ3n) is 9.78. The van der Waals surface area contributed by atoms with E-state index in [0.29, 0.717) is 24.0 Å². The summed E-state index contributed by atoms with van der Waals surface area (Å²) >= 11 is 0. The molecule has 4 aromatic rings. The van der Waals surface area contributed by atoms with Gasteiger partial charge in [-0.25, -0.2) is 14.4 Å². The number of ether oxygens (including phenoxy) is 6.